The highest BCUT2D eigenvalue weighted by Gasteiger charge is 2.38. The number of aliphatic carboxylic acids is 1. The van der Waals surface area contributed by atoms with Crippen LogP contribution in [0.15, 0.2) is 24.3 Å². The van der Waals surface area contributed by atoms with Crippen LogP contribution in [0.25, 0.3) is 0 Å². The maximum absolute atomic E-state index is 13.0. The number of rotatable bonds is 4. The Morgan fingerprint density at radius 1 is 1.29 bits per heavy atom. The second-order valence-corrected chi connectivity index (χ2v) is 6.54. The van der Waals surface area contributed by atoms with Gasteiger partial charge in [0.2, 0.25) is 5.91 Å². The van der Waals surface area contributed by atoms with Crippen LogP contribution in [0, 0.1) is 11.7 Å². The summed E-state index contributed by atoms with van der Waals surface area (Å²) in [6.45, 7) is 1.43. The summed E-state index contributed by atoms with van der Waals surface area (Å²) < 4.78 is 13.0. The van der Waals surface area contributed by atoms with Gasteiger partial charge in [0.1, 0.15) is 5.82 Å². The molecule has 1 atom stereocenters. The summed E-state index contributed by atoms with van der Waals surface area (Å²) in [4.78, 5) is 23.9. The van der Waals surface area contributed by atoms with Crippen molar-refractivity contribution in [3.63, 3.8) is 0 Å². The number of benzene rings is 1. The molecule has 1 saturated heterocycles. The first-order valence-electron chi connectivity index (χ1n) is 6.82. The van der Waals surface area contributed by atoms with E-state index in [1.807, 2.05) is 0 Å². The Morgan fingerprint density at radius 3 is 2.38 bits per heavy atom. The van der Waals surface area contributed by atoms with Crippen molar-refractivity contribution in [1.29, 1.82) is 0 Å². The number of nitrogens with one attached hydrogen (secondary N) is 1. The van der Waals surface area contributed by atoms with Crippen LogP contribution in [0.4, 0.5) is 4.39 Å². The number of hydrogen-bond donors (Lipinski definition) is 2. The minimum atomic E-state index is -1.55. The Balaban J connectivity index is 2.19. The zero-order chi connectivity index (χ0) is 15.5. The molecule has 1 aromatic rings. The summed E-state index contributed by atoms with van der Waals surface area (Å²) in [5, 5.41) is 12.1. The predicted molar refractivity (Wildman–Crippen MR) is 79.6 cm³/mol. The molecule has 1 amide bonds. The number of carboxylic acid groups (broad SMARTS) is 1. The molecule has 21 heavy (non-hydrogen) atoms. The van der Waals surface area contributed by atoms with Gasteiger partial charge in [0.25, 0.3) is 0 Å². The van der Waals surface area contributed by atoms with E-state index in [0.29, 0.717) is 5.56 Å². The molecule has 1 aromatic carbocycles. The Hall–Kier alpha value is -1.56. The molecule has 4 nitrogen and oxygen atoms in total. The molecule has 1 aliphatic heterocycles. The summed E-state index contributed by atoms with van der Waals surface area (Å²) in [6, 6.07) is 5.17. The van der Waals surface area contributed by atoms with Gasteiger partial charge in [0, 0.05) is 5.92 Å². The van der Waals surface area contributed by atoms with Gasteiger partial charge in [-0.05, 0) is 49.0 Å². The number of carbonyl (C=O) groups is 2. The highest BCUT2D eigenvalue weighted by molar-refractivity contribution is 7.99. The lowest BCUT2D eigenvalue weighted by atomic mass is 9.90. The molecule has 0 bridgehead atoms. The molecule has 0 aromatic heterocycles. The number of carboxylic acids is 1. The number of halogens is 1. The maximum Gasteiger partial charge on any atom is 0.333 e. The van der Waals surface area contributed by atoms with Crippen molar-refractivity contribution >= 4 is 23.6 Å². The monoisotopic (exact) mass is 311 g/mol. The average Bonchev–Trinajstić information content (AvgIpc) is 2.48. The summed E-state index contributed by atoms with van der Waals surface area (Å²) in [7, 11) is 0. The lowest BCUT2D eigenvalue weighted by Gasteiger charge is -2.30. The van der Waals surface area contributed by atoms with Crippen LogP contribution in [-0.4, -0.2) is 28.5 Å². The van der Waals surface area contributed by atoms with Gasteiger partial charge < -0.3 is 10.4 Å². The molecule has 2 rings (SSSR count). The van der Waals surface area contributed by atoms with E-state index < -0.39 is 17.3 Å². The standard InChI is InChI=1S/C15H18FNO3S/c1-15(14(19)20,11-2-4-12(16)5-3-11)17-13(18)10-6-8-21-9-7-10/h2-5,10H,6-9H2,1H3,(H,17,18)(H,19,20). The van der Waals surface area contributed by atoms with Gasteiger partial charge in [0.05, 0.1) is 0 Å². The Labute approximate surface area is 127 Å². The summed E-state index contributed by atoms with van der Waals surface area (Å²) in [6.07, 6.45) is 1.52. The number of amides is 1. The lowest BCUT2D eigenvalue weighted by Crippen LogP contribution is -2.51. The van der Waals surface area contributed by atoms with Gasteiger partial charge in [0.15, 0.2) is 5.54 Å². The van der Waals surface area contributed by atoms with Crippen molar-refractivity contribution in [3.05, 3.63) is 35.6 Å². The van der Waals surface area contributed by atoms with E-state index in [4.69, 9.17) is 0 Å². The quantitative estimate of drug-likeness (QED) is 0.896. The fraction of sp³-hybridized carbons (Fsp3) is 0.467. The molecule has 0 radical (unpaired) electrons. The van der Waals surface area contributed by atoms with Crippen LogP contribution in [0.3, 0.4) is 0 Å². The van der Waals surface area contributed by atoms with Gasteiger partial charge in [-0.15, -0.1) is 0 Å². The molecule has 1 unspecified atom stereocenters. The fourth-order valence-corrected chi connectivity index (χ4v) is 3.45. The average molecular weight is 311 g/mol. The number of hydrogen-bond acceptors (Lipinski definition) is 3. The van der Waals surface area contributed by atoms with E-state index >= 15 is 0 Å². The molecule has 2 N–H and O–H groups in total. The van der Waals surface area contributed by atoms with Crippen molar-refractivity contribution in [3.8, 4) is 0 Å². The van der Waals surface area contributed by atoms with Gasteiger partial charge in [-0.1, -0.05) is 12.1 Å². The molecule has 0 spiro atoms. The molecule has 1 aliphatic rings. The molecular weight excluding hydrogens is 293 g/mol. The lowest BCUT2D eigenvalue weighted by molar-refractivity contribution is -0.148. The SMILES string of the molecule is CC(NC(=O)C1CCSCC1)(C(=O)O)c1ccc(F)cc1. The first-order chi connectivity index (χ1) is 9.93. The van der Waals surface area contributed by atoms with E-state index in [1.165, 1.54) is 31.2 Å². The van der Waals surface area contributed by atoms with E-state index in [0.717, 1.165) is 24.3 Å². The van der Waals surface area contributed by atoms with Crippen molar-refractivity contribution in [2.24, 2.45) is 5.92 Å². The minimum absolute atomic E-state index is 0.148. The van der Waals surface area contributed by atoms with Crippen molar-refractivity contribution < 1.29 is 19.1 Å². The van der Waals surface area contributed by atoms with Crippen molar-refractivity contribution in [2.75, 3.05) is 11.5 Å². The highest BCUT2D eigenvalue weighted by Crippen LogP contribution is 2.26. The van der Waals surface area contributed by atoms with E-state index in [-0.39, 0.29) is 11.8 Å². The van der Waals surface area contributed by atoms with Crippen LogP contribution in [0.1, 0.15) is 25.3 Å². The summed E-state index contributed by atoms with van der Waals surface area (Å²) in [5.74, 6) is -0.165. The van der Waals surface area contributed by atoms with Crippen LogP contribution in [-0.2, 0) is 15.1 Å². The normalized spacial score (nSPS) is 18.8. The van der Waals surface area contributed by atoms with Gasteiger partial charge in [-0.25, -0.2) is 9.18 Å². The van der Waals surface area contributed by atoms with E-state index in [2.05, 4.69) is 5.32 Å². The van der Waals surface area contributed by atoms with E-state index in [1.54, 1.807) is 11.8 Å². The van der Waals surface area contributed by atoms with Crippen LogP contribution < -0.4 is 5.32 Å². The predicted octanol–water partition coefficient (Wildman–Crippen LogP) is 2.38. The molecule has 6 heteroatoms. The number of thioether (sulfide) groups is 1. The number of carbonyl (C=O) groups excluding carboxylic acids is 1. The van der Waals surface area contributed by atoms with Crippen LogP contribution in [0.5, 0.6) is 0 Å². The summed E-state index contributed by atoms with van der Waals surface area (Å²) >= 11 is 1.80. The third kappa shape index (κ3) is 3.56. The van der Waals surface area contributed by atoms with Crippen LogP contribution in [0.2, 0.25) is 0 Å². The third-order valence-corrected chi connectivity index (χ3v) is 4.86. The molecule has 0 aliphatic carbocycles. The molecule has 0 saturated carbocycles. The van der Waals surface area contributed by atoms with Gasteiger partial charge >= 0.3 is 5.97 Å². The maximum atomic E-state index is 13.0. The summed E-state index contributed by atoms with van der Waals surface area (Å²) in [5.41, 5.74) is -1.19. The second kappa shape index (κ2) is 6.47. The Morgan fingerprint density at radius 2 is 1.86 bits per heavy atom. The fourth-order valence-electron chi connectivity index (χ4n) is 2.34. The van der Waals surface area contributed by atoms with Crippen molar-refractivity contribution in [2.45, 2.75) is 25.3 Å². The van der Waals surface area contributed by atoms with E-state index in [9.17, 15) is 19.1 Å². The van der Waals surface area contributed by atoms with Gasteiger partial charge in [-0.3, -0.25) is 4.79 Å². The zero-order valence-corrected chi connectivity index (χ0v) is 12.6. The van der Waals surface area contributed by atoms with Crippen LogP contribution >= 0.6 is 11.8 Å². The highest BCUT2D eigenvalue weighted by atomic mass is 32.2. The first-order valence-corrected chi connectivity index (χ1v) is 7.98. The van der Waals surface area contributed by atoms with Crippen molar-refractivity contribution in [1.82, 2.24) is 5.32 Å². The third-order valence-electron chi connectivity index (χ3n) is 3.81. The van der Waals surface area contributed by atoms with Gasteiger partial charge in [-0.2, -0.15) is 11.8 Å². The molecule has 1 heterocycles. The Kier molecular flexibility index (Phi) is 4.88. The largest absolute Gasteiger partial charge is 0.479 e. The molecule has 114 valence electrons. The Bertz CT molecular complexity index is 528. The molecule has 1 fully saturated rings. The minimum Gasteiger partial charge on any atom is -0.479 e. The second-order valence-electron chi connectivity index (χ2n) is 5.31. The smallest absolute Gasteiger partial charge is 0.333 e. The molecular formula is C15H18FNO3S. The first kappa shape index (κ1) is 15.8. The topological polar surface area (TPSA) is 66.4 Å². The zero-order valence-electron chi connectivity index (χ0n) is 11.8.